The zero-order chi connectivity index (χ0) is 24.5. The monoisotopic (exact) mass is 506 g/mol. The summed E-state index contributed by atoms with van der Waals surface area (Å²) in [6.07, 6.45) is 1.12. The van der Waals surface area contributed by atoms with E-state index in [4.69, 9.17) is 9.47 Å². The Kier molecular flexibility index (Phi) is 6.41. The van der Waals surface area contributed by atoms with Crippen LogP contribution in [0.2, 0.25) is 0 Å². The number of aryl methyl sites for hydroxylation is 1. The fourth-order valence-electron chi connectivity index (χ4n) is 3.81. The molecule has 0 fully saturated rings. The minimum Gasteiger partial charge on any atom is -0.497 e. The van der Waals surface area contributed by atoms with E-state index in [0.29, 0.717) is 29.8 Å². The van der Waals surface area contributed by atoms with Crippen molar-refractivity contribution in [1.82, 2.24) is 0 Å². The molecule has 3 aromatic rings. The molecule has 0 amide bonds. The van der Waals surface area contributed by atoms with Crippen LogP contribution in [0, 0.1) is 5.82 Å². The zero-order valence-corrected chi connectivity index (χ0v) is 20.1. The Bertz CT molecular complexity index is 1420. The quantitative estimate of drug-likeness (QED) is 0.523. The van der Waals surface area contributed by atoms with Crippen molar-refractivity contribution < 1.29 is 30.7 Å². The predicted octanol–water partition coefficient (Wildman–Crippen LogP) is 3.79. The van der Waals surface area contributed by atoms with Crippen LogP contribution in [0.4, 0.5) is 15.8 Å². The predicted molar refractivity (Wildman–Crippen MR) is 126 cm³/mol. The summed E-state index contributed by atoms with van der Waals surface area (Å²) in [5, 5.41) is 0. The van der Waals surface area contributed by atoms with Crippen LogP contribution in [-0.2, 0) is 26.5 Å². The first-order chi connectivity index (χ1) is 16.2. The highest BCUT2D eigenvalue weighted by molar-refractivity contribution is 7.93. The van der Waals surface area contributed by atoms with Gasteiger partial charge in [-0.2, -0.15) is 0 Å². The maximum atomic E-state index is 13.3. The molecule has 1 heterocycles. The van der Waals surface area contributed by atoms with E-state index in [1.54, 1.807) is 18.2 Å². The van der Waals surface area contributed by atoms with Crippen LogP contribution in [0.5, 0.6) is 11.5 Å². The molecule has 0 saturated carbocycles. The van der Waals surface area contributed by atoms with Crippen molar-refractivity contribution in [2.45, 2.75) is 22.6 Å². The van der Waals surface area contributed by atoms with Gasteiger partial charge in [-0.05, 0) is 73.0 Å². The number of benzene rings is 3. The number of nitrogens with zero attached hydrogens (tertiary/aromatic N) is 1. The van der Waals surface area contributed by atoms with E-state index in [0.717, 1.165) is 12.1 Å². The van der Waals surface area contributed by atoms with Gasteiger partial charge in [-0.3, -0.25) is 9.03 Å². The molecule has 0 bridgehead atoms. The van der Waals surface area contributed by atoms with E-state index < -0.39 is 25.9 Å². The molecule has 8 nitrogen and oxygen atoms in total. The number of fused-ring (bicyclic) bond motifs is 1. The highest BCUT2D eigenvalue weighted by Gasteiger charge is 2.30. The summed E-state index contributed by atoms with van der Waals surface area (Å²) in [4.78, 5) is -0.107. The molecule has 0 spiro atoms. The average Bonchev–Trinajstić information content (AvgIpc) is 2.83. The summed E-state index contributed by atoms with van der Waals surface area (Å²) in [7, 11) is -5.13. The number of halogens is 1. The fourth-order valence-corrected chi connectivity index (χ4v) is 6.59. The van der Waals surface area contributed by atoms with Crippen LogP contribution in [0.25, 0.3) is 0 Å². The number of ether oxygens (including phenoxy) is 2. The molecular weight excluding hydrogens is 483 g/mol. The van der Waals surface area contributed by atoms with E-state index in [9.17, 15) is 21.2 Å². The standard InChI is InChI=1S/C23H23FN2O6S2/c1-31-19-8-12-22(32-2)23(15-19)33(27,28)25-18-7-11-21-16(14-18)4-3-13-26(21)34(29,30)20-9-5-17(24)6-10-20/h5-12,14-15,25H,3-4,13H2,1-2H3. The Labute approximate surface area is 198 Å². The molecular formula is C23H23FN2O6S2. The lowest BCUT2D eigenvalue weighted by Gasteiger charge is -2.31. The van der Waals surface area contributed by atoms with E-state index in [1.165, 1.54) is 48.9 Å². The lowest BCUT2D eigenvalue weighted by molar-refractivity contribution is 0.392. The highest BCUT2D eigenvalue weighted by atomic mass is 32.2. The van der Waals surface area contributed by atoms with E-state index in [-0.39, 0.29) is 27.8 Å². The Morgan fingerprint density at radius 3 is 2.32 bits per heavy atom. The van der Waals surface area contributed by atoms with E-state index >= 15 is 0 Å². The molecule has 1 aliphatic heterocycles. The molecule has 0 aliphatic carbocycles. The van der Waals surface area contributed by atoms with Crippen LogP contribution < -0.4 is 18.5 Å². The molecule has 180 valence electrons. The number of nitrogens with one attached hydrogen (secondary N) is 1. The number of rotatable bonds is 7. The Hall–Kier alpha value is -3.31. The number of sulfonamides is 2. The first-order valence-electron chi connectivity index (χ1n) is 10.3. The zero-order valence-electron chi connectivity index (χ0n) is 18.5. The van der Waals surface area contributed by atoms with Crippen molar-refractivity contribution in [3.8, 4) is 11.5 Å². The summed E-state index contributed by atoms with van der Waals surface area (Å²) in [5.74, 6) is -0.0151. The van der Waals surface area contributed by atoms with Crippen LogP contribution in [0.3, 0.4) is 0 Å². The summed E-state index contributed by atoms with van der Waals surface area (Å²) >= 11 is 0. The van der Waals surface area contributed by atoms with Gasteiger partial charge in [-0.15, -0.1) is 0 Å². The first kappa shape index (κ1) is 23.8. The lowest BCUT2D eigenvalue weighted by atomic mass is 10.0. The fraction of sp³-hybridized carbons (Fsp3) is 0.217. The van der Waals surface area contributed by atoms with Gasteiger partial charge in [0, 0.05) is 18.3 Å². The summed E-state index contributed by atoms with van der Waals surface area (Å²) in [5.41, 5.74) is 1.41. The SMILES string of the molecule is COc1ccc(OC)c(S(=O)(=O)Nc2ccc3c(c2)CCCN3S(=O)(=O)c2ccc(F)cc2)c1. The van der Waals surface area contributed by atoms with Crippen LogP contribution >= 0.6 is 0 Å². The highest BCUT2D eigenvalue weighted by Crippen LogP contribution is 2.35. The molecule has 4 rings (SSSR count). The van der Waals surface area contributed by atoms with Gasteiger partial charge in [0.15, 0.2) is 0 Å². The maximum absolute atomic E-state index is 13.3. The van der Waals surface area contributed by atoms with Crippen molar-refractivity contribution >= 4 is 31.4 Å². The number of methoxy groups -OCH3 is 2. The van der Waals surface area contributed by atoms with Gasteiger partial charge in [-0.1, -0.05) is 0 Å². The maximum Gasteiger partial charge on any atom is 0.265 e. The van der Waals surface area contributed by atoms with Crippen molar-refractivity contribution in [3.63, 3.8) is 0 Å². The van der Waals surface area contributed by atoms with Gasteiger partial charge >= 0.3 is 0 Å². The third-order valence-electron chi connectivity index (χ3n) is 5.47. The molecule has 0 atom stereocenters. The van der Waals surface area contributed by atoms with Crippen LogP contribution in [-0.4, -0.2) is 37.6 Å². The topological polar surface area (TPSA) is 102 Å². The Morgan fingerprint density at radius 1 is 0.912 bits per heavy atom. The first-order valence-corrected chi connectivity index (χ1v) is 13.2. The van der Waals surface area contributed by atoms with Crippen molar-refractivity contribution in [1.29, 1.82) is 0 Å². The lowest BCUT2D eigenvalue weighted by Crippen LogP contribution is -2.35. The van der Waals surface area contributed by atoms with Gasteiger partial charge in [0.2, 0.25) is 0 Å². The van der Waals surface area contributed by atoms with Crippen LogP contribution in [0.15, 0.2) is 70.5 Å². The second-order valence-electron chi connectivity index (χ2n) is 7.60. The second kappa shape index (κ2) is 9.15. The minimum absolute atomic E-state index is 0.0170. The van der Waals surface area contributed by atoms with Gasteiger partial charge in [0.1, 0.15) is 22.2 Å². The van der Waals surface area contributed by atoms with Crippen molar-refractivity contribution in [2.24, 2.45) is 0 Å². The number of anilines is 2. The van der Waals surface area contributed by atoms with E-state index in [1.807, 2.05) is 0 Å². The number of hydrogen-bond donors (Lipinski definition) is 1. The average molecular weight is 507 g/mol. The molecule has 0 radical (unpaired) electrons. The summed E-state index contributed by atoms with van der Waals surface area (Å²) < 4.78 is 79.8. The third kappa shape index (κ3) is 4.53. The smallest absolute Gasteiger partial charge is 0.265 e. The second-order valence-corrected chi connectivity index (χ2v) is 11.1. The molecule has 11 heteroatoms. The minimum atomic E-state index is -4.03. The number of hydrogen-bond acceptors (Lipinski definition) is 6. The molecule has 3 aromatic carbocycles. The Balaban J connectivity index is 1.66. The molecule has 34 heavy (non-hydrogen) atoms. The Morgan fingerprint density at radius 2 is 1.65 bits per heavy atom. The van der Waals surface area contributed by atoms with Crippen molar-refractivity contribution in [2.75, 3.05) is 29.8 Å². The molecule has 1 N–H and O–H groups in total. The van der Waals surface area contributed by atoms with Gasteiger partial charge < -0.3 is 9.47 Å². The molecule has 0 aromatic heterocycles. The van der Waals surface area contributed by atoms with Crippen LogP contribution in [0.1, 0.15) is 12.0 Å². The van der Waals surface area contributed by atoms with Gasteiger partial charge in [0.25, 0.3) is 20.0 Å². The normalized spacial score (nSPS) is 13.8. The molecule has 1 aliphatic rings. The largest absolute Gasteiger partial charge is 0.497 e. The van der Waals surface area contributed by atoms with Gasteiger partial charge in [-0.25, -0.2) is 21.2 Å². The summed E-state index contributed by atoms with van der Waals surface area (Å²) in [6.45, 7) is 0.263. The summed E-state index contributed by atoms with van der Waals surface area (Å²) in [6, 6.07) is 13.8. The van der Waals surface area contributed by atoms with E-state index in [2.05, 4.69) is 4.72 Å². The molecule has 0 unspecified atom stereocenters. The molecule has 0 saturated heterocycles. The van der Waals surface area contributed by atoms with Crippen molar-refractivity contribution in [3.05, 3.63) is 72.0 Å². The third-order valence-corrected chi connectivity index (χ3v) is 8.70. The van der Waals surface area contributed by atoms with Gasteiger partial charge in [0.05, 0.1) is 24.8 Å².